The second kappa shape index (κ2) is 6.52. The topological polar surface area (TPSA) is 58.6 Å². The fourth-order valence-electron chi connectivity index (χ4n) is 2.49. The standard InChI is InChI=1S/C15H20N2O3/c1-3-13-14(18)16-7-8-17(13)15(19)12-6-4-5-11(9-12)10-20-2/h4-6,9,13H,3,7-8,10H2,1-2H3,(H,16,18). The summed E-state index contributed by atoms with van der Waals surface area (Å²) in [6.45, 7) is 3.45. The van der Waals surface area contributed by atoms with E-state index in [2.05, 4.69) is 5.32 Å². The van der Waals surface area contributed by atoms with Crippen molar-refractivity contribution in [3.05, 3.63) is 35.4 Å². The fraction of sp³-hybridized carbons (Fsp3) is 0.467. The number of hydrogen-bond donors (Lipinski definition) is 1. The maximum absolute atomic E-state index is 12.6. The van der Waals surface area contributed by atoms with E-state index in [-0.39, 0.29) is 17.9 Å². The minimum absolute atomic E-state index is 0.0693. The summed E-state index contributed by atoms with van der Waals surface area (Å²) in [5, 5.41) is 2.80. The van der Waals surface area contributed by atoms with Crippen molar-refractivity contribution in [3.8, 4) is 0 Å². The number of nitrogens with zero attached hydrogens (tertiary/aromatic N) is 1. The largest absolute Gasteiger partial charge is 0.380 e. The van der Waals surface area contributed by atoms with Crippen molar-refractivity contribution in [1.29, 1.82) is 0 Å². The van der Waals surface area contributed by atoms with Crippen molar-refractivity contribution in [2.24, 2.45) is 0 Å². The van der Waals surface area contributed by atoms with E-state index in [4.69, 9.17) is 4.74 Å². The number of carbonyl (C=O) groups excluding carboxylic acids is 2. The average Bonchev–Trinajstić information content (AvgIpc) is 2.47. The van der Waals surface area contributed by atoms with Crippen LogP contribution in [-0.4, -0.2) is 43.0 Å². The first-order valence-corrected chi connectivity index (χ1v) is 6.84. The van der Waals surface area contributed by atoms with E-state index in [1.165, 1.54) is 0 Å². The highest BCUT2D eigenvalue weighted by molar-refractivity contribution is 5.98. The van der Waals surface area contributed by atoms with Gasteiger partial charge < -0.3 is 15.0 Å². The van der Waals surface area contributed by atoms with E-state index in [0.29, 0.717) is 31.7 Å². The molecule has 1 aromatic rings. The van der Waals surface area contributed by atoms with Crippen LogP contribution in [0.25, 0.3) is 0 Å². The molecular formula is C15H20N2O3. The Bertz CT molecular complexity index is 502. The molecule has 1 saturated heterocycles. The molecule has 1 N–H and O–H groups in total. The third-order valence-electron chi connectivity index (χ3n) is 3.46. The molecule has 1 aromatic carbocycles. The number of methoxy groups -OCH3 is 1. The van der Waals surface area contributed by atoms with Crippen molar-refractivity contribution in [2.45, 2.75) is 26.0 Å². The van der Waals surface area contributed by atoms with Crippen molar-refractivity contribution in [3.63, 3.8) is 0 Å². The Labute approximate surface area is 118 Å². The van der Waals surface area contributed by atoms with E-state index >= 15 is 0 Å². The van der Waals surface area contributed by atoms with E-state index in [1.807, 2.05) is 25.1 Å². The third-order valence-corrected chi connectivity index (χ3v) is 3.46. The zero-order valence-corrected chi connectivity index (χ0v) is 11.9. The van der Waals surface area contributed by atoms with E-state index < -0.39 is 0 Å². The normalized spacial score (nSPS) is 18.8. The maximum atomic E-state index is 12.6. The average molecular weight is 276 g/mol. The number of amides is 2. The summed E-state index contributed by atoms with van der Waals surface area (Å²) in [4.78, 5) is 26.0. The molecule has 1 aliphatic heterocycles. The molecule has 0 spiro atoms. The lowest BCUT2D eigenvalue weighted by Crippen LogP contribution is -2.56. The van der Waals surface area contributed by atoms with E-state index in [1.54, 1.807) is 18.1 Å². The Morgan fingerprint density at radius 2 is 2.30 bits per heavy atom. The first kappa shape index (κ1) is 14.5. The van der Waals surface area contributed by atoms with Gasteiger partial charge in [0.1, 0.15) is 6.04 Å². The minimum atomic E-state index is -0.373. The van der Waals surface area contributed by atoms with Crippen molar-refractivity contribution >= 4 is 11.8 Å². The van der Waals surface area contributed by atoms with Gasteiger partial charge in [-0.05, 0) is 24.1 Å². The van der Waals surface area contributed by atoms with Crippen LogP contribution in [0.4, 0.5) is 0 Å². The van der Waals surface area contributed by atoms with Crippen molar-refractivity contribution in [1.82, 2.24) is 10.2 Å². The molecule has 2 rings (SSSR count). The molecule has 0 saturated carbocycles. The van der Waals surface area contributed by atoms with E-state index in [0.717, 1.165) is 5.56 Å². The van der Waals surface area contributed by atoms with Gasteiger partial charge in [-0.3, -0.25) is 9.59 Å². The summed E-state index contributed by atoms with van der Waals surface area (Å²) in [6, 6.07) is 6.99. The van der Waals surface area contributed by atoms with Gasteiger partial charge in [-0.15, -0.1) is 0 Å². The van der Waals surface area contributed by atoms with Gasteiger partial charge in [-0.1, -0.05) is 19.1 Å². The predicted octanol–water partition coefficient (Wildman–Crippen LogP) is 1.18. The van der Waals surface area contributed by atoms with Crippen LogP contribution in [-0.2, 0) is 16.1 Å². The summed E-state index contributed by atoms with van der Waals surface area (Å²) in [5.74, 6) is -0.162. The van der Waals surface area contributed by atoms with Crippen LogP contribution in [0, 0.1) is 0 Å². The molecule has 2 amide bonds. The molecule has 0 aromatic heterocycles. The predicted molar refractivity (Wildman–Crippen MR) is 75.3 cm³/mol. The van der Waals surface area contributed by atoms with Crippen LogP contribution >= 0.6 is 0 Å². The zero-order valence-electron chi connectivity index (χ0n) is 11.9. The number of piperazine rings is 1. The molecule has 108 valence electrons. The molecule has 5 nitrogen and oxygen atoms in total. The molecule has 1 atom stereocenters. The van der Waals surface area contributed by atoms with Gasteiger partial charge in [-0.2, -0.15) is 0 Å². The lowest BCUT2D eigenvalue weighted by Gasteiger charge is -2.34. The van der Waals surface area contributed by atoms with Crippen molar-refractivity contribution < 1.29 is 14.3 Å². The Morgan fingerprint density at radius 3 is 3.00 bits per heavy atom. The first-order valence-electron chi connectivity index (χ1n) is 6.84. The number of hydrogen-bond acceptors (Lipinski definition) is 3. The molecule has 20 heavy (non-hydrogen) atoms. The van der Waals surface area contributed by atoms with Crippen molar-refractivity contribution in [2.75, 3.05) is 20.2 Å². The number of carbonyl (C=O) groups is 2. The van der Waals surface area contributed by atoms with Crippen LogP contribution < -0.4 is 5.32 Å². The molecule has 1 aliphatic rings. The molecule has 0 bridgehead atoms. The lowest BCUT2D eigenvalue weighted by atomic mass is 10.1. The SMILES string of the molecule is CCC1C(=O)NCCN1C(=O)c1cccc(COC)c1. The number of nitrogens with one attached hydrogen (secondary N) is 1. The Balaban J connectivity index is 2.21. The highest BCUT2D eigenvalue weighted by atomic mass is 16.5. The quantitative estimate of drug-likeness (QED) is 0.898. The summed E-state index contributed by atoms with van der Waals surface area (Å²) >= 11 is 0. The fourth-order valence-corrected chi connectivity index (χ4v) is 2.49. The van der Waals surface area contributed by atoms with E-state index in [9.17, 15) is 9.59 Å². The third kappa shape index (κ3) is 2.99. The Hall–Kier alpha value is -1.88. The summed E-state index contributed by atoms with van der Waals surface area (Å²) < 4.78 is 5.08. The summed E-state index contributed by atoms with van der Waals surface area (Å²) in [6.07, 6.45) is 0.620. The van der Waals surface area contributed by atoms with Gasteiger partial charge in [0.25, 0.3) is 5.91 Å². The second-order valence-corrected chi connectivity index (χ2v) is 4.85. The first-order chi connectivity index (χ1) is 9.67. The Kier molecular flexibility index (Phi) is 4.74. The van der Waals surface area contributed by atoms with Crippen LogP contribution in [0.2, 0.25) is 0 Å². The van der Waals surface area contributed by atoms with Gasteiger partial charge in [0.05, 0.1) is 6.61 Å². The number of ether oxygens (including phenoxy) is 1. The van der Waals surface area contributed by atoms with Gasteiger partial charge in [0.2, 0.25) is 5.91 Å². The van der Waals surface area contributed by atoms with Gasteiger partial charge >= 0.3 is 0 Å². The van der Waals surface area contributed by atoms with Crippen LogP contribution in [0.5, 0.6) is 0 Å². The van der Waals surface area contributed by atoms with Crippen LogP contribution in [0.3, 0.4) is 0 Å². The molecule has 0 radical (unpaired) electrons. The molecule has 1 fully saturated rings. The smallest absolute Gasteiger partial charge is 0.254 e. The number of rotatable bonds is 4. The number of benzene rings is 1. The summed E-state index contributed by atoms with van der Waals surface area (Å²) in [7, 11) is 1.62. The molecule has 0 aliphatic carbocycles. The van der Waals surface area contributed by atoms with Gasteiger partial charge in [0, 0.05) is 25.8 Å². The maximum Gasteiger partial charge on any atom is 0.254 e. The highest BCUT2D eigenvalue weighted by Crippen LogP contribution is 2.15. The van der Waals surface area contributed by atoms with Crippen LogP contribution in [0.15, 0.2) is 24.3 Å². The summed E-state index contributed by atoms with van der Waals surface area (Å²) in [5.41, 5.74) is 1.56. The van der Waals surface area contributed by atoms with Crippen LogP contribution in [0.1, 0.15) is 29.3 Å². The molecule has 1 heterocycles. The zero-order chi connectivity index (χ0) is 14.5. The molecular weight excluding hydrogens is 256 g/mol. The van der Waals surface area contributed by atoms with Gasteiger partial charge in [0.15, 0.2) is 0 Å². The Morgan fingerprint density at radius 1 is 1.50 bits per heavy atom. The molecule has 1 unspecified atom stereocenters. The molecule has 5 heteroatoms. The lowest BCUT2D eigenvalue weighted by molar-refractivity contribution is -0.127. The monoisotopic (exact) mass is 276 g/mol. The second-order valence-electron chi connectivity index (χ2n) is 4.85. The van der Waals surface area contributed by atoms with Gasteiger partial charge in [-0.25, -0.2) is 0 Å². The minimum Gasteiger partial charge on any atom is -0.380 e. The highest BCUT2D eigenvalue weighted by Gasteiger charge is 2.31.